The van der Waals surface area contributed by atoms with Gasteiger partial charge in [0.15, 0.2) is 9.84 Å². The molecule has 16 heteroatoms. The second kappa shape index (κ2) is 10.6. The topological polar surface area (TPSA) is 121 Å². The van der Waals surface area contributed by atoms with Crippen LogP contribution in [0.4, 0.5) is 30.7 Å². The predicted molar refractivity (Wildman–Crippen MR) is 142 cm³/mol. The number of hydrogen-bond donors (Lipinski definition) is 2. The van der Waals surface area contributed by atoms with Crippen LogP contribution in [0.2, 0.25) is 0 Å². The summed E-state index contributed by atoms with van der Waals surface area (Å²) in [5, 5.41) is 20.6. The Morgan fingerprint density at radius 2 is 1.51 bits per heavy atom. The molecule has 2 unspecified atom stereocenters. The van der Waals surface area contributed by atoms with E-state index in [-0.39, 0.29) is 60.7 Å². The molecule has 0 aromatic heterocycles. The number of alkyl halides is 7. The van der Waals surface area contributed by atoms with Crippen molar-refractivity contribution in [1.82, 2.24) is 4.90 Å². The van der Waals surface area contributed by atoms with Crippen LogP contribution in [0.3, 0.4) is 0 Å². The summed E-state index contributed by atoms with van der Waals surface area (Å²) in [7, 11) is -3.23. The minimum Gasteiger partial charge on any atom is -0.497 e. The van der Waals surface area contributed by atoms with Crippen molar-refractivity contribution in [1.29, 1.82) is 0 Å². The number of benzene rings is 2. The van der Waals surface area contributed by atoms with Gasteiger partial charge in [-0.2, -0.15) is 26.3 Å². The Labute approximate surface area is 252 Å². The van der Waals surface area contributed by atoms with Crippen molar-refractivity contribution < 1.29 is 63.7 Å². The maximum Gasteiger partial charge on any atom is 0.435 e. The Morgan fingerprint density at radius 1 is 0.933 bits per heavy atom. The molecule has 1 aliphatic heterocycles. The lowest BCUT2D eigenvalue weighted by molar-refractivity contribution is -0.348. The number of rotatable bonds is 6. The number of halogens is 7. The van der Waals surface area contributed by atoms with E-state index < -0.39 is 74.0 Å². The molecule has 2 aromatic carbocycles. The number of fused-ring (bicyclic) bond motifs is 3. The summed E-state index contributed by atoms with van der Waals surface area (Å²) in [5.74, 6) is -2.57. The minimum atomic E-state index is -6.40. The molecular weight excluding hydrogens is 639 g/mol. The average Bonchev–Trinajstić information content (AvgIpc) is 3.51. The van der Waals surface area contributed by atoms with Crippen molar-refractivity contribution in [3.8, 4) is 5.75 Å². The van der Waals surface area contributed by atoms with Crippen LogP contribution < -0.4 is 4.74 Å². The van der Waals surface area contributed by atoms with Crippen LogP contribution in [-0.2, 0) is 36.3 Å². The molecule has 5 rings (SSSR count). The van der Waals surface area contributed by atoms with Gasteiger partial charge >= 0.3 is 24.0 Å². The van der Waals surface area contributed by atoms with Gasteiger partial charge in [-0.05, 0) is 73.9 Å². The molecule has 45 heavy (non-hydrogen) atoms. The van der Waals surface area contributed by atoms with Crippen LogP contribution in [0.25, 0.3) is 0 Å². The standard InChI is InChI=1S/C29H28F7NO7S/c1-44-19-3-5-20(6-4-19)45(42,43)26-12-13-37(24(40)25(41)10-8-16(9-11-25)23(38)39)22(26)15-17-14-18(2-7-21(17)26)27(30,28(31,32)33)29(34,35)36/h2-7,14,16,22,41H,8-13,15H2,1H3,(H,38,39)/t16-,22?,25+,26?. The van der Waals surface area contributed by atoms with E-state index in [0.29, 0.717) is 11.8 Å². The maximum atomic E-state index is 15.0. The Balaban J connectivity index is 1.64. The lowest BCUT2D eigenvalue weighted by atomic mass is 9.78. The fourth-order valence-corrected chi connectivity index (χ4v) is 9.36. The molecule has 0 radical (unpaired) electrons. The number of ether oxygens (including phenoxy) is 1. The third-order valence-electron chi connectivity index (χ3n) is 9.46. The van der Waals surface area contributed by atoms with Crippen molar-refractivity contribution in [3.63, 3.8) is 0 Å². The van der Waals surface area contributed by atoms with E-state index in [1.165, 1.54) is 31.4 Å². The van der Waals surface area contributed by atoms with E-state index in [0.717, 1.165) is 11.0 Å². The highest BCUT2D eigenvalue weighted by molar-refractivity contribution is 7.92. The number of amides is 1. The third kappa shape index (κ3) is 4.77. The number of aliphatic hydroxyl groups is 1. The number of carbonyl (C=O) groups is 2. The molecule has 1 saturated heterocycles. The number of aliphatic carboxylic acids is 1. The molecule has 1 amide bonds. The first-order valence-electron chi connectivity index (χ1n) is 13.9. The third-order valence-corrected chi connectivity index (χ3v) is 12.0. The lowest BCUT2D eigenvalue weighted by Gasteiger charge is -2.39. The van der Waals surface area contributed by atoms with Gasteiger partial charge in [0.05, 0.1) is 24.0 Å². The lowest BCUT2D eigenvalue weighted by Crippen LogP contribution is -2.55. The molecule has 8 nitrogen and oxygen atoms in total. The number of sulfone groups is 1. The zero-order valence-electron chi connectivity index (χ0n) is 23.6. The summed E-state index contributed by atoms with van der Waals surface area (Å²) in [6, 6.07) is 5.03. The smallest absolute Gasteiger partial charge is 0.435 e. The zero-order valence-corrected chi connectivity index (χ0v) is 24.4. The van der Waals surface area contributed by atoms with Gasteiger partial charge in [-0.15, -0.1) is 0 Å². The van der Waals surface area contributed by atoms with Gasteiger partial charge in [0.1, 0.15) is 16.1 Å². The van der Waals surface area contributed by atoms with Crippen LogP contribution in [0.1, 0.15) is 48.8 Å². The molecule has 2 aliphatic carbocycles. The van der Waals surface area contributed by atoms with Crippen LogP contribution in [0.15, 0.2) is 47.4 Å². The van der Waals surface area contributed by atoms with E-state index in [1.54, 1.807) is 0 Å². The molecule has 246 valence electrons. The minimum absolute atomic E-state index is 0.0532. The number of carbonyl (C=O) groups excluding carboxylic acids is 1. The summed E-state index contributed by atoms with van der Waals surface area (Å²) in [4.78, 5) is 26.0. The van der Waals surface area contributed by atoms with Gasteiger partial charge in [-0.1, -0.05) is 18.2 Å². The SMILES string of the molecule is COc1ccc(S(=O)(=O)C23CCN(C(=O)[C@]4(O)CC[C@@H](C(=O)O)CC4)C2Cc2cc(C(F)(C(F)(F)F)C(F)(F)F)ccc23)cc1. The van der Waals surface area contributed by atoms with E-state index >= 15 is 4.39 Å². The molecule has 0 spiro atoms. The molecule has 3 aliphatic rings. The Hall–Kier alpha value is -3.40. The van der Waals surface area contributed by atoms with Crippen molar-refractivity contribution in [3.05, 3.63) is 59.2 Å². The van der Waals surface area contributed by atoms with E-state index in [9.17, 15) is 54.6 Å². The molecule has 1 heterocycles. The van der Waals surface area contributed by atoms with Crippen molar-refractivity contribution >= 4 is 21.7 Å². The number of likely N-dealkylation sites (tertiary alicyclic amines) is 1. The fourth-order valence-electron chi connectivity index (χ4n) is 7.03. The van der Waals surface area contributed by atoms with E-state index in [2.05, 4.69) is 0 Å². The molecule has 2 N–H and O–H groups in total. The van der Waals surface area contributed by atoms with Gasteiger partial charge in [0.2, 0.25) is 0 Å². The second-order valence-corrected chi connectivity index (χ2v) is 13.9. The number of hydrogen-bond acceptors (Lipinski definition) is 6. The summed E-state index contributed by atoms with van der Waals surface area (Å²) in [5.41, 5.74) is -10.1. The van der Waals surface area contributed by atoms with Gasteiger partial charge in [0, 0.05) is 12.1 Å². The average molecular weight is 668 g/mol. The van der Waals surface area contributed by atoms with Crippen molar-refractivity contribution in [2.24, 2.45) is 5.92 Å². The highest BCUT2D eigenvalue weighted by atomic mass is 32.2. The van der Waals surface area contributed by atoms with Crippen LogP contribution in [0, 0.1) is 5.92 Å². The molecule has 2 fully saturated rings. The summed E-state index contributed by atoms with van der Waals surface area (Å²) >= 11 is 0. The first-order chi connectivity index (χ1) is 20.7. The number of methoxy groups -OCH3 is 1. The Kier molecular flexibility index (Phi) is 7.75. The summed E-state index contributed by atoms with van der Waals surface area (Å²) < 4.78 is 128. The number of carboxylic acids is 1. The van der Waals surface area contributed by atoms with Gasteiger partial charge in [-0.3, -0.25) is 9.59 Å². The summed E-state index contributed by atoms with van der Waals surface area (Å²) in [6.45, 7) is -0.247. The Morgan fingerprint density at radius 3 is 2.02 bits per heavy atom. The quantitative estimate of drug-likeness (QED) is 0.424. The highest BCUT2D eigenvalue weighted by Gasteiger charge is 2.74. The normalized spacial score (nSPS) is 27.2. The molecule has 1 saturated carbocycles. The first-order valence-corrected chi connectivity index (χ1v) is 15.3. The zero-order chi connectivity index (χ0) is 33.4. The first kappa shape index (κ1) is 33.0. The predicted octanol–water partition coefficient (Wildman–Crippen LogP) is 4.82. The largest absolute Gasteiger partial charge is 0.497 e. The number of carboxylic acid groups (broad SMARTS) is 1. The van der Waals surface area contributed by atoms with Gasteiger partial charge in [-0.25, -0.2) is 12.8 Å². The van der Waals surface area contributed by atoms with E-state index in [1.807, 2.05) is 0 Å². The van der Waals surface area contributed by atoms with Crippen LogP contribution in [0.5, 0.6) is 5.75 Å². The monoisotopic (exact) mass is 667 g/mol. The fraction of sp³-hybridized carbons (Fsp3) is 0.517. The highest BCUT2D eigenvalue weighted by Crippen LogP contribution is 2.58. The van der Waals surface area contributed by atoms with E-state index in [4.69, 9.17) is 4.74 Å². The van der Waals surface area contributed by atoms with Gasteiger partial charge < -0.3 is 19.8 Å². The van der Waals surface area contributed by atoms with Crippen molar-refractivity contribution in [2.75, 3.05) is 13.7 Å². The van der Waals surface area contributed by atoms with Crippen LogP contribution in [-0.4, -0.2) is 73.1 Å². The molecule has 2 atom stereocenters. The molecular formula is C29H28F7NO7S. The molecule has 0 bridgehead atoms. The van der Waals surface area contributed by atoms with Crippen LogP contribution >= 0.6 is 0 Å². The second-order valence-electron chi connectivity index (χ2n) is 11.7. The maximum absolute atomic E-state index is 15.0. The van der Waals surface area contributed by atoms with Gasteiger partial charge in [0.25, 0.3) is 5.91 Å². The summed E-state index contributed by atoms with van der Waals surface area (Å²) in [6.07, 6.45) is -14.3. The van der Waals surface area contributed by atoms with Crippen molar-refractivity contribution in [2.45, 2.75) is 77.8 Å². The Bertz CT molecular complexity index is 1600. The molecule has 2 aromatic rings. The number of nitrogens with zero attached hydrogens (tertiary/aromatic N) is 1.